The van der Waals surface area contributed by atoms with Crippen LogP contribution < -0.4 is 0 Å². The summed E-state index contributed by atoms with van der Waals surface area (Å²) in [5.74, 6) is -2.08. The lowest BCUT2D eigenvalue weighted by Gasteiger charge is -1.92. The van der Waals surface area contributed by atoms with Gasteiger partial charge >= 0.3 is 0 Å². The lowest BCUT2D eigenvalue weighted by Crippen LogP contribution is -1.90. The number of carbonyl (C=O) groups is 1. The van der Waals surface area contributed by atoms with Gasteiger partial charge in [0.05, 0.1) is 10.9 Å². The predicted octanol–water partition coefficient (Wildman–Crippen LogP) is 3.20. The number of aldehydes is 1. The quantitative estimate of drug-likeness (QED) is 0.531. The van der Waals surface area contributed by atoms with E-state index < -0.39 is 11.6 Å². The van der Waals surface area contributed by atoms with Crippen molar-refractivity contribution in [2.24, 2.45) is 0 Å². The lowest BCUT2D eigenvalue weighted by molar-refractivity contribution is 0.111. The smallest absolute Gasteiger partial charge is 0.169 e. The number of carbonyl (C=O) groups excluding carboxylic acids is 1. The Kier molecular flexibility index (Phi) is 6.45. The van der Waals surface area contributed by atoms with Crippen LogP contribution in [0.15, 0.2) is 18.2 Å². The molecule has 0 N–H and O–H groups in total. The van der Waals surface area contributed by atoms with E-state index in [4.69, 9.17) is 23.2 Å². The largest absolute Gasteiger partial charge is 0.298 e. The van der Waals surface area contributed by atoms with E-state index in [2.05, 4.69) is 0 Å². The van der Waals surface area contributed by atoms with Crippen LogP contribution in [0.2, 0.25) is 0 Å². The Hall–Kier alpha value is -0.670. The van der Waals surface area contributed by atoms with Crippen LogP contribution in [-0.4, -0.2) is 11.6 Å². The van der Waals surface area contributed by atoms with Gasteiger partial charge < -0.3 is 0 Å². The maximum Gasteiger partial charge on any atom is 0.169 e. The minimum Gasteiger partial charge on any atom is -0.298 e. The molecule has 5 heteroatoms. The molecule has 1 nitrogen and oxygen atoms in total. The summed E-state index contributed by atoms with van der Waals surface area (Å²) in [5, 5.41) is 0.194. The van der Waals surface area contributed by atoms with Crippen molar-refractivity contribution in [3.05, 3.63) is 35.4 Å². The summed E-state index contributed by atoms with van der Waals surface area (Å²) in [7, 11) is 0. The number of alkyl halides is 2. The van der Waals surface area contributed by atoms with E-state index in [0.717, 1.165) is 6.07 Å². The van der Waals surface area contributed by atoms with Gasteiger partial charge in [0.1, 0.15) is 0 Å². The summed E-state index contributed by atoms with van der Waals surface area (Å²) in [6.45, 7) is 0. The molecule has 1 rings (SSSR count). The second-order valence-corrected chi connectivity index (χ2v) is 2.67. The molecule has 0 unspecified atom stereocenters. The van der Waals surface area contributed by atoms with Crippen LogP contribution in [0.1, 0.15) is 10.4 Å². The highest BCUT2D eigenvalue weighted by Crippen LogP contribution is 2.08. The summed E-state index contributed by atoms with van der Waals surface area (Å²) in [6.07, 6.45) is 0.276. The molecule has 0 aliphatic heterocycles. The molecule has 0 bridgehead atoms. The molecule has 0 saturated carbocycles. The zero-order valence-corrected chi connectivity index (χ0v) is 7.95. The molecule has 13 heavy (non-hydrogen) atoms. The maximum absolute atomic E-state index is 12.4. The van der Waals surface area contributed by atoms with Crippen LogP contribution in [-0.2, 0) is 0 Å². The second kappa shape index (κ2) is 6.80. The molecular formula is C8H6Cl2F2O. The minimum absolute atomic E-state index is 0.194. The summed E-state index contributed by atoms with van der Waals surface area (Å²) in [5.41, 5.74) is -0.250. The van der Waals surface area contributed by atoms with Gasteiger partial charge in [-0.25, -0.2) is 8.78 Å². The number of halogens is 4. The second-order valence-electron chi connectivity index (χ2n) is 1.86. The van der Waals surface area contributed by atoms with Crippen molar-refractivity contribution in [1.29, 1.82) is 0 Å². The fourth-order valence-corrected chi connectivity index (χ4v) is 0.611. The average Bonchev–Trinajstić information content (AvgIpc) is 2.11. The molecule has 0 aliphatic rings. The van der Waals surface area contributed by atoms with Crippen LogP contribution in [0.25, 0.3) is 0 Å². The van der Waals surface area contributed by atoms with E-state index in [1.807, 2.05) is 0 Å². The van der Waals surface area contributed by atoms with Gasteiger partial charge in [-0.3, -0.25) is 4.79 Å². The first-order chi connectivity index (χ1) is 6.17. The Labute approximate surface area is 84.3 Å². The molecule has 72 valence electrons. The van der Waals surface area contributed by atoms with E-state index in [9.17, 15) is 13.6 Å². The van der Waals surface area contributed by atoms with Gasteiger partial charge in [-0.1, -0.05) is 6.07 Å². The normalized spacial score (nSPS) is 8.62. The molecular weight excluding hydrogens is 221 g/mol. The highest BCUT2D eigenvalue weighted by Gasteiger charge is 2.04. The van der Waals surface area contributed by atoms with E-state index in [0.29, 0.717) is 0 Å². The first-order valence-corrected chi connectivity index (χ1v) is 4.25. The van der Waals surface area contributed by atoms with Crippen molar-refractivity contribution in [3.63, 3.8) is 0 Å². The third-order valence-corrected chi connectivity index (χ3v) is 1.11. The van der Waals surface area contributed by atoms with Gasteiger partial charge in [0, 0.05) is 0 Å². The third kappa shape index (κ3) is 4.20. The van der Waals surface area contributed by atoms with Gasteiger partial charge in [0.15, 0.2) is 17.9 Å². The zero-order valence-electron chi connectivity index (χ0n) is 6.44. The minimum atomic E-state index is -1.09. The standard InChI is InChI=1S/C7H4F2O.CH2Cl2/c8-6-3-1-2-5(4-10)7(6)9;2-1-3/h1-4H;1H2. The molecule has 0 aliphatic carbocycles. The van der Waals surface area contributed by atoms with Crippen LogP contribution in [0, 0.1) is 11.6 Å². The van der Waals surface area contributed by atoms with Crippen LogP contribution in [0.4, 0.5) is 8.78 Å². The van der Waals surface area contributed by atoms with Crippen molar-refractivity contribution < 1.29 is 13.6 Å². The fraction of sp³-hybridized carbons (Fsp3) is 0.125. The third-order valence-electron chi connectivity index (χ3n) is 1.11. The molecule has 1 aromatic rings. The summed E-state index contributed by atoms with van der Waals surface area (Å²) >= 11 is 9.53. The topological polar surface area (TPSA) is 17.1 Å². The van der Waals surface area contributed by atoms with Gasteiger partial charge in [0.2, 0.25) is 0 Å². The van der Waals surface area contributed by atoms with E-state index in [1.54, 1.807) is 0 Å². The first kappa shape index (κ1) is 12.3. The molecule has 0 amide bonds. The van der Waals surface area contributed by atoms with Gasteiger partial charge in [0.25, 0.3) is 0 Å². The number of rotatable bonds is 1. The molecule has 0 spiro atoms. The Morgan fingerprint density at radius 3 is 2.23 bits per heavy atom. The molecule has 0 atom stereocenters. The average molecular weight is 227 g/mol. The Balaban J connectivity index is 0.000000424. The van der Waals surface area contributed by atoms with Gasteiger partial charge in [-0.2, -0.15) is 0 Å². The van der Waals surface area contributed by atoms with Gasteiger partial charge in [-0.05, 0) is 12.1 Å². The van der Waals surface area contributed by atoms with Crippen molar-refractivity contribution in [1.82, 2.24) is 0 Å². The van der Waals surface area contributed by atoms with Crippen LogP contribution in [0.5, 0.6) is 0 Å². The summed E-state index contributed by atoms with van der Waals surface area (Å²) in [6, 6.07) is 3.45. The molecule has 0 heterocycles. The molecule has 0 saturated heterocycles. The molecule has 0 radical (unpaired) electrons. The number of hydrogen-bond donors (Lipinski definition) is 0. The lowest BCUT2D eigenvalue weighted by atomic mass is 10.2. The predicted molar refractivity (Wildman–Crippen MR) is 48.3 cm³/mol. The van der Waals surface area contributed by atoms with Crippen molar-refractivity contribution >= 4 is 29.5 Å². The van der Waals surface area contributed by atoms with E-state index >= 15 is 0 Å². The van der Waals surface area contributed by atoms with Crippen LogP contribution in [0.3, 0.4) is 0 Å². The number of benzene rings is 1. The van der Waals surface area contributed by atoms with Gasteiger partial charge in [-0.15, -0.1) is 23.2 Å². The highest BCUT2D eigenvalue weighted by atomic mass is 35.5. The SMILES string of the molecule is ClCCl.O=Cc1cccc(F)c1F. The van der Waals surface area contributed by atoms with Crippen molar-refractivity contribution in [3.8, 4) is 0 Å². The Morgan fingerprint density at radius 2 is 1.85 bits per heavy atom. The zero-order chi connectivity index (χ0) is 10.3. The summed E-state index contributed by atoms with van der Waals surface area (Å²) in [4.78, 5) is 9.97. The molecule has 1 aromatic carbocycles. The van der Waals surface area contributed by atoms with E-state index in [-0.39, 0.29) is 17.2 Å². The monoisotopic (exact) mass is 226 g/mol. The number of hydrogen-bond acceptors (Lipinski definition) is 1. The fourth-order valence-electron chi connectivity index (χ4n) is 0.611. The molecule has 0 aromatic heterocycles. The van der Waals surface area contributed by atoms with E-state index in [1.165, 1.54) is 12.1 Å². The van der Waals surface area contributed by atoms with Crippen molar-refractivity contribution in [2.45, 2.75) is 0 Å². The highest BCUT2D eigenvalue weighted by molar-refractivity contribution is 6.40. The first-order valence-electron chi connectivity index (χ1n) is 3.18. The van der Waals surface area contributed by atoms with Crippen molar-refractivity contribution in [2.75, 3.05) is 5.34 Å². The van der Waals surface area contributed by atoms with Crippen LogP contribution >= 0.6 is 23.2 Å². The molecule has 0 fully saturated rings. The summed E-state index contributed by atoms with van der Waals surface area (Å²) < 4.78 is 24.6. The Bertz CT molecular complexity index is 279. The Morgan fingerprint density at radius 1 is 1.31 bits per heavy atom. The maximum atomic E-state index is 12.4.